The third-order valence-corrected chi connectivity index (χ3v) is 3.77. The van der Waals surface area contributed by atoms with E-state index in [1.807, 2.05) is 0 Å². The van der Waals surface area contributed by atoms with E-state index in [4.69, 9.17) is 5.84 Å². The Bertz CT molecular complexity index is 425. The second kappa shape index (κ2) is 5.97. The van der Waals surface area contributed by atoms with Gasteiger partial charge in [0.05, 0.1) is 12.4 Å². The fourth-order valence-electron chi connectivity index (χ4n) is 2.49. The summed E-state index contributed by atoms with van der Waals surface area (Å²) in [6, 6.07) is 0. The summed E-state index contributed by atoms with van der Waals surface area (Å²) in [5, 5.41) is 2.95. The van der Waals surface area contributed by atoms with Crippen LogP contribution < -0.4 is 16.6 Å². The lowest BCUT2D eigenvalue weighted by Gasteiger charge is -2.33. The number of nitrogens with two attached hydrogens (primary N) is 1. The van der Waals surface area contributed by atoms with Crippen LogP contribution in [-0.4, -0.2) is 22.4 Å². The molecule has 1 saturated carbocycles. The van der Waals surface area contributed by atoms with E-state index in [0.29, 0.717) is 18.1 Å². The van der Waals surface area contributed by atoms with E-state index in [0.717, 1.165) is 0 Å². The molecular weight excluding hydrogens is 242 g/mol. The maximum Gasteiger partial charge on any atom is 0.271 e. The number of carbonyl (C=O) groups excluding carboxylic acids is 1. The highest BCUT2D eigenvalue weighted by Gasteiger charge is 2.27. The highest BCUT2D eigenvalue weighted by atomic mass is 16.1. The Morgan fingerprint density at radius 3 is 2.63 bits per heavy atom. The van der Waals surface area contributed by atoms with Gasteiger partial charge in [0.2, 0.25) is 0 Å². The van der Waals surface area contributed by atoms with E-state index in [-0.39, 0.29) is 11.3 Å². The predicted octanol–water partition coefficient (Wildman–Crippen LogP) is 1.46. The lowest BCUT2D eigenvalue weighted by molar-refractivity contribution is 0.0914. The Morgan fingerprint density at radius 2 is 2.05 bits per heavy atom. The van der Waals surface area contributed by atoms with Crippen LogP contribution in [0.5, 0.6) is 0 Å². The average Bonchev–Trinajstić information content (AvgIpc) is 2.46. The standard InChI is InChI=1S/C13H21N5O/c1-13(5-3-2-4-6-13)9-17-12(19)10-7-16-11(18-14)8-15-10/h7-8H,2-6,9,14H2,1H3,(H,16,18)(H,17,19). The molecule has 0 aliphatic heterocycles. The Morgan fingerprint density at radius 1 is 1.32 bits per heavy atom. The molecule has 0 bridgehead atoms. The molecule has 1 aliphatic carbocycles. The second-order valence-electron chi connectivity index (χ2n) is 5.49. The molecule has 4 N–H and O–H groups in total. The van der Waals surface area contributed by atoms with Crippen LogP contribution in [0.4, 0.5) is 5.82 Å². The first-order chi connectivity index (χ1) is 9.13. The van der Waals surface area contributed by atoms with Crippen molar-refractivity contribution in [3.05, 3.63) is 18.1 Å². The summed E-state index contributed by atoms with van der Waals surface area (Å²) in [7, 11) is 0. The van der Waals surface area contributed by atoms with Gasteiger partial charge in [-0.05, 0) is 18.3 Å². The zero-order chi connectivity index (χ0) is 13.7. The molecular formula is C13H21N5O. The first-order valence-corrected chi connectivity index (χ1v) is 6.70. The Kier molecular flexibility index (Phi) is 4.31. The molecule has 1 aromatic heterocycles. The number of hydrogen-bond acceptors (Lipinski definition) is 5. The highest BCUT2D eigenvalue weighted by Crippen LogP contribution is 2.34. The minimum Gasteiger partial charge on any atom is -0.350 e. The number of hydrazine groups is 1. The van der Waals surface area contributed by atoms with Gasteiger partial charge in [-0.3, -0.25) is 4.79 Å². The molecule has 1 aliphatic rings. The van der Waals surface area contributed by atoms with Crippen molar-refractivity contribution >= 4 is 11.7 Å². The Balaban J connectivity index is 1.89. The number of anilines is 1. The number of hydrogen-bond donors (Lipinski definition) is 3. The molecule has 1 amide bonds. The van der Waals surface area contributed by atoms with E-state index < -0.39 is 0 Å². The Hall–Kier alpha value is -1.69. The quantitative estimate of drug-likeness (QED) is 0.565. The number of amides is 1. The van der Waals surface area contributed by atoms with Crippen molar-refractivity contribution in [2.75, 3.05) is 12.0 Å². The summed E-state index contributed by atoms with van der Waals surface area (Å²) < 4.78 is 0. The maximum atomic E-state index is 12.0. The van der Waals surface area contributed by atoms with E-state index in [1.165, 1.54) is 44.5 Å². The van der Waals surface area contributed by atoms with Crippen LogP contribution in [0.15, 0.2) is 12.4 Å². The summed E-state index contributed by atoms with van der Waals surface area (Å²) in [4.78, 5) is 20.0. The van der Waals surface area contributed by atoms with Crippen LogP contribution in [0, 0.1) is 5.41 Å². The fraction of sp³-hybridized carbons (Fsp3) is 0.615. The summed E-state index contributed by atoms with van der Waals surface area (Å²) in [5.74, 6) is 5.46. The fourth-order valence-corrected chi connectivity index (χ4v) is 2.49. The largest absolute Gasteiger partial charge is 0.350 e. The van der Waals surface area contributed by atoms with Gasteiger partial charge in [0.15, 0.2) is 5.82 Å². The third-order valence-electron chi connectivity index (χ3n) is 3.77. The van der Waals surface area contributed by atoms with Crippen molar-refractivity contribution in [1.82, 2.24) is 15.3 Å². The van der Waals surface area contributed by atoms with Crippen LogP contribution in [-0.2, 0) is 0 Å². The molecule has 0 radical (unpaired) electrons. The maximum absolute atomic E-state index is 12.0. The van der Waals surface area contributed by atoms with Gasteiger partial charge >= 0.3 is 0 Å². The molecule has 104 valence electrons. The van der Waals surface area contributed by atoms with Crippen LogP contribution in [0.25, 0.3) is 0 Å². The van der Waals surface area contributed by atoms with Crippen molar-refractivity contribution in [1.29, 1.82) is 0 Å². The normalized spacial score (nSPS) is 17.8. The number of aromatic nitrogens is 2. The van der Waals surface area contributed by atoms with Gasteiger partial charge in [-0.1, -0.05) is 26.2 Å². The van der Waals surface area contributed by atoms with Gasteiger partial charge in [-0.25, -0.2) is 15.8 Å². The minimum absolute atomic E-state index is 0.178. The monoisotopic (exact) mass is 263 g/mol. The summed E-state index contributed by atoms with van der Waals surface area (Å²) in [6.45, 7) is 2.93. The van der Waals surface area contributed by atoms with Gasteiger partial charge in [0.25, 0.3) is 5.91 Å². The van der Waals surface area contributed by atoms with Crippen LogP contribution >= 0.6 is 0 Å². The van der Waals surface area contributed by atoms with E-state index in [1.54, 1.807) is 0 Å². The molecule has 0 aromatic carbocycles. The van der Waals surface area contributed by atoms with Crippen molar-refractivity contribution in [2.45, 2.75) is 39.0 Å². The van der Waals surface area contributed by atoms with Gasteiger partial charge in [0, 0.05) is 6.54 Å². The number of nitrogens with one attached hydrogen (secondary N) is 2. The molecule has 1 fully saturated rings. The topological polar surface area (TPSA) is 92.9 Å². The van der Waals surface area contributed by atoms with E-state index in [9.17, 15) is 4.79 Å². The number of carbonyl (C=O) groups is 1. The zero-order valence-corrected chi connectivity index (χ0v) is 11.3. The molecule has 1 aromatic rings. The van der Waals surface area contributed by atoms with Gasteiger partial charge in [-0.2, -0.15) is 0 Å². The van der Waals surface area contributed by atoms with E-state index in [2.05, 4.69) is 27.6 Å². The molecule has 1 heterocycles. The van der Waals surface area contributed by atoms with Crippen molar-refractivity contribution in [2.24, 2.45) is 11.3 Å². The Labute approximate surface area is 113 Å². The van der Waals surface area contributed by atoms with Crippen LogP contribution in [0.3, 0.4) is 0 Å². The number of rotatable bonds is 4. The van der Waals surface area contributed by atoms with Gasteiger partial charge < -0.3 is 10.7 Å². The first kappa shape index (κ1) is 13.7. The lowest BCUT2D eigenvalue weighted by Crippen LogP contribution is -2.37. The molecule has 0 spiro atoms. The lowest BCUT2D eigenvalue weighted by atomic mass is 9.76. The van der Waals surface area contributed by atoms with Crippen molar-refractivity contribution < 1.29 is 4.79 Å². The SMILES string of the molecule is CC1(CNC(=O)c2cnc(NN)cn2)CCCCC1. The van der Waals surface area contributed by atoms with Crippen molar-refractivity contribution in [3.63, 3.8) is 0 Å². The number of nitrogens with zero attached hydrogens (tertiary/aromatic N) is 2. The molecule has 6 heteroatoms. The molecule has 0 unspecified atom stereocenters. The van der Waals surface area contributed by atoms with Gasteiger partial charge in [-0.15, -0.1) is 0 Å². The van der Waals surface area contributed by atoms with Crippen molar-refractivity contribution in [3.8, 4) is 0 Å². The second-order valence-corrected chi connectivity index (χ2v) is 5.49. The molecule has 0 atom stereocenters. The minimum atomic E-state index is -0.178. The molecule has 2 rings (SSSR count). The average molecular weight is 263 g/mol. The zero-order valence-electron chi connectivity index (χ0n) is 11.3. The molecule has 19 heavy (non-hydrogen) atoms. The van der Waals surface area contributed by atoms with Gasteiger partial charge in [0.1, 0.15) is 5.69 Å². The number of nitrogen functional groups attached to an aromatic ring is 1. The van der Waals surface area contributed by atoms with Crippen LogP contribution in [0.2, 0.25) is 0 Å². The summed E-state index contributed by atoms with van der Waals surface area (Å²) >= 11 is 0. The van der Waals surface area contributed by atoms with Crippen LogP contribution in [0.1, 0.15) is 49.5 Å². The summed E-state index contributed by atoms with van der Waals surface area (Å²) in [5.41, 5.74) is 2.92. The predicted molar refractivity (Wildman–Crippen MR) is 73.4 cm³/mol. The highest BCUT2D eigenvalue weighted by molar-refractivity contribution is 5.92. The third kappa shape index (κ3) is 3.64. The molecule has 6 nitrogen and oxygen atoms in total. The first-order valence-electron chi connectivity index (χ1n) is 6.70. The van der Waals surface area contributed by atoms with E-state index >= 15 is 0 Å². The smallest absolute Gasteiger partial charge is 0.271 e. The summed E-state index contributed by atoms with van der Waals surface area (Å²) in [6.07, 6.45) is 9.03. The molecule has 0 saturated heterocycles.